The molecule has 1 rings (SSSR count). The maximum Gasteiger partial charge on any atom is 0.0534 e. The highest BCUT2D eigenvalue weighted by Crippen LogP contribution is 2.05. The number of nitrogens with zero attached hydrogens (tertiary/aromatic N) is 2. The Hall–Kier alpha value is -0.830. The first kappa shape index (κ1) is 13.2. The van der Waals surface area contributed by atoms with Crippen LogP contribution in [-0.2, 0) is 6.54 Å². The number of nitrogens with one attached hydrogen (secondary N) is 1. The van der Waals surface area contributed by atoms with Gasteiger partial charge in [0.05, 0.1) is 6.20 Å². The predicted molar refractivity (Wildman–Crippen MR) is 68.5 cm³/mol. The van der Waals surface area contributed by atoms with Crippen LogP contribution in [0.1, 0.15) is 58.1 Å². The minimum absolute atomic E-state index is 0.457. The van der Waals surface area contributed by atoms with Crippen molar-refractivity contribution >= 4 is 0 Å². The van der Waals surface area contributed by atoms with Crippen LogP contribution < -0.4 is 5.32 Å². The molecule has 0 atom stereocenters. The smallest absolute Gasteiger partial charge is 0.0534 e. The summed E-state index contributed by atoms with van der Waals surface area (Å²) in [7, 11) is 0. The largest absolute Gasteiger partial charge is 0.313 e. The van der Waals surface area contributed by atoms with Crippen molar-refractivity contribution in [2.45, 2.75) is 59.0 Å². The molecule has 0 radical (unpaired) electrons. The van der Waals surface area contributed by atoms with E-state index in [0.717, 1.165) is 13.1 Å². The molecular formula is C13H25N3. The fraction of sp³-hybridized carbons (Fsp3) is 0.769. The summed E-state index contributed by atoms with van der Waals surface area (Å²) in [5.74, 6) is 0. The molecule has 0 aliphatic carbocycles. The standard InChI is InChI=1S/C13H25N3/c1-4-5-6-7-8-14-9-13-10-15-16(11-13)12(2)3/h10-12,14H,4-9H2,1-3H3. The van der Waals surface area contributed by atoms with Crippen molar-refractivity contribution in [2.24, 2.45) is 0 Å². The molecule has 0 aliphatic rings. The highest BCUT2D eigenvalue weighted by molar-refractivity contribution is 5.03. The van der Waals surface area contributed by atoms with Gasteiger partial charge in [0.25, 0.3) is 0 Å². The molecule has 0 aromatic carbocycles. The molecule has 0 aliphatic heterocycles. The lowest BCUT2D eigenvalue weighted by Crippen LogP contribution is -2.14. The summed E-state index contributed by atoms with van der Waals surface area (Å²) in [5, 5.41) is 7.78. The van der Waals surface area contributed by atoms with Crippen LogP contribution in [0.15, 0.2) is 12.4 Å². The van der Waals surface area contributed by atoms with Gasteiger partial charge in [-0.25, -0.2) is 0 Å². The number of hydrogen-bond donors (Lipinski definition) is 1. The molecule has 0 saturated carbocycles. The van der Waals surface area contributed by atoms with Crippen LogP contribution >= 0.6 is 0 Å². The quantitative estimate of drug-likeness (QED) is 0.686. The van der Waals surface area contributed by atoms with Crippen molar-refractivity contribution in [3.63, 3.8) is 0 Å². The lowest BCUT2D eigenvalue weighted by atomic mass is 10.2. The minimum Gasteiger partial charge on any atom is -0.313 e. The Morgan fingerprint density at radius 2 is 2.12 bits per heavy atom. The van der Waals surface area contributed by atoms with Gasteiger partial charge in [0.2, 0.25) is 0 Å². The molecule has 92 valence electrons. The summed E-state index contributed by atoms with van der Waals surface area (Å²) in [5.41, 5.74) is 1.28. The fourth-order valence-electron chi connectivity index (χ4n) is 1.66. The van der Waals surface area contributed by atoms with Gasteiger partial charge in [-0.2, -0.15) is 5.10 Å². The number of aromatic nitrogens is 2. The molecule has 0 fully saturated rings. The van der Waals surface area contributed by atoms with Crippen molar-refractivity contribution in [1.29, 1.82) is 0 Å². The van der Waals surface area contributed by atoms with E-state index in [1.165, 1.54) is 31.2 Å². The lowest BCUT2D eigenvalue weighted by Gasteiger charge is -2.04. The molecule has 0 unspecified atom stereocenters. The molecule has 1 aromatic rings. The van der Waals surface area contributed by atoms with Crippen LogP contribution in [-0.4, -0.2) is 16.3 Å². The van der Waals surface area contributed by atoms with Gasteiger partial charge in [0.15, 0.2) is 0 Å². The van der Waals surface area contributed by atoms with Gasteiger partial charge in [-0.3, -0.25) is 4.68 Å². The Balaban J connectivity index is 2.12. The van der Waals surface area contributed by atoms with Crippen LogP contribution in [0.2, 0.25) is 0 Å². The van der Waals surface area contributed by atoms with E-state index in [-0.39, 0.29) is 0 Å². The zero-order chi connectivity index (χ0) is 11.8. The van der Waals surface area contributed by atoms with Crippen molar-refractivity contribution in [3.8, 4) is 0 Å². The third-order valence-corrected chi connectivity index (χ3v) is 2.72. The Morgan fingerprint density at radius 3 is 2.75 bits per heavy atom. The van der Waals surface area contributed by atoms with E-state index < -0.39 is 0 Å². The molecule has 16 heavy (non-hydrogen) atoms. The second-order valence-corrected chi connectivity index (χ2v) is 4.66. The first-order valence-corrected chi connectivity index (χ1v) is 6.47. The van der Waals surface area contributed by atoms with Gasteiger partial charge >= 0.3 is 0 Å². The van der Waals surface area contributed by atoms with E-state index in [1.807, 2.05) is 10.9 Å². The highest BCUT2D eigenvalue weighted by atomic mass is 15.3. The molecule has 0 amide bonds. The van der Waals surface area contributed by atoms with Crippen molar-refractivity contribution < 1.29 is 0 Å². The molecule has 1 aromatic heterocycles. The van der Waals surface area contributed by atoms with E-state index >= 15 is 0 Å². The number of unbranched alkanes of at least 4 members (excludes halogenated alkanes) is 3. The van der Waals surface area contributed by atoms with Crippen LogP contribution in [0.5, 0.6) is 0 Å². The average molecular weight is 223 g/mol. The van der Waals surface area contributed by atoms with Gasteiger partial charge in [0, 0.05) is 24.3 Å². The lowest BCUT2D eigenvalue weighted by molar-refractivity contribution is 0.531. The summed E-state index contributed by atoms with van der Waals surface area (Å²) in [6, 6.07) is 0.457. The summed E-state index contributed by atoms with van der Waals surface area (Å²) in [4.78, 5) is 0. The Bertz CT molecular complexity index is 278. The van der Waals surface area contributed by atoms with Crippen LogP contribution in [0.25, 0.3) is 0 Å². The topological polar surface area (TPSA) is 29.9 Å². The maximum absolute atomic E-state index is 4.32. The van der Waals surface area contributed by atoms with E-state index in [0.29, 0.717) is 6.04 Å². The SMILES string of the molecule is CCCCCCNCc1cnn(C(C)C)c1. The van der Waals surface area contributed by atoms with Crippen LogP contribution in [0.4, 0.5) is 0 Å². The monoisotopic (exact) mass is 223 g/mol. The van der Waals surface area contributed by atoms with Gasteiger partial charge < -0.3 is 5.32 Å². The Labute approximate surface area is 99.2 Å². The van der Waals surface area contributed by atoms with Crippen molar-refractivity contribution in [1.82, 2.24) is 15.1 Å². The first-order chi connectivity index (χ1) is 7.74. The zero-order valence-electron chi connectivity index (χ0n) is 10.9. The van der Waals surface area contributed by atoms with Gasteiger partial charge in [0.1, 0.15) is 0 Å². The molecule has 3 nitrogen and oxygen atoms in total. The fourth-order valence-corrected chi connectivity index (χ4v) is 1.66. The molecule has 1 N–H and O–H groups in total. The van der Waals surface area contributed by atoms with Crippen LogP contribution in [0.3, 0.4) is 0 Å². The highest BCUT2D eigenvalue weighted by Gasteiger charge is 2.00. The first-order valence-electron chi connectivity index (χ1n) is 6.47. The molecule has 3 heteroatoms. The second-order valence-electron chi connectivity index (χ2n) is 4.66. The molecular weight excluding hydrogens is 198 g/mol. The molecule has 0 saturated heterocycles. The van der Waals surface area contributed by atoms with E-state index in [9.17, 15) is 0 Å². The molecule has 0 spiro atoms. The number of rotatable bonds is 8. The van der Waals surface area contributed by atoms with Gasteiger partial charge in [-0.1, -0.05) is 26.2 Å². The third kappa shape index (κ3) is 4.79. The van der Waals surface area contributed by atoms with E-state index in [2.05, 4.69) is 37.4 Å². The van der Waals surface area contributed by atoms with Crippen molar-refractivity contribution in [3.05, 3.63) is 18.0 Å². The normalized spacial score (nSPS) is 11.2. The third-order valence-electron chi connectivity index (χ3n) is 2.72. The summed E-state index contributed by atoms with van der Waals surface area (Å²) in [6.07, 6.45) is 9.37. The Kier molecular flexibility index (Phi) is 6.16. The molecule has 1 heterocycles. The second kappa shape index (κ2) is 7.44. The van der Waals surface area contributed by atoms with Crippen LogP contribution in [0, 0.1) is 0 Å². The number of hydrogen-bond acceptors (Lipinski definition) is 2. The zero-order valence-corrected chi connectivity index (χ0v) is 10.9. The predicted octanol–water partition coefficient (Wildman–Crippen LogP) is 3.13. The summed E-state index contributed by atoms with van der Waals surface area (Å²) in [6.45, 7) is 8.60. The molecule has 0 bridgehead atoms. The summed E-state index contributed by atoms with van der Waals surface area (Å²) >= 11 is 0. The van der Waals surface area contributed by atoms with E-state index in [4.69, 9.17) is 0 Å². The van der Waals surface area contributed by atoms with Gasteiger partial charge in [-0.05, 0) is 26.8 Å². The van der Waals surface area contributed by atoms with Crippen molar-refractivity contribution in [2.75, 3.05) is 6.54 Å². The average Bonchev–Trinajstić information content (AvgIpc) is 2.72. The minimum atomic E-state index is 0.457. The Morgan fingerprint density at radius 1 is 1.31 bits per heavy atom. The van der Waals surface area contributed by atoms with Gasteiger partial charge in [-0.15, -0.1) is 0 Å². The maximum atomic E-state index is 4.32. The summed E-state index contributed by atoms with van der Waals surface area (Å²) < 4.78 is 2.01. The van der Waals surface area contributed by atoms with E-state index in [1.54, 1.807) is 0 Å².